The largest absolute Gasteiger partial charge is 0.490 e. The highest BCUT2D eigenvalue weighted by Gasteiger charge is 2.25. The van der Waals surface area contributed by atoms with Gasteiger partial charge in [0.25, 0.3) is 11.6 Å². The van der Waals surface area contributed by atoms with E-state index in [-0.39, 0.29) is 23.3 Å². The number of hydrogen-bond donors (Lipinski definition) is 1. The summed E-state index contributed by atoms with van der Waals surface area (Å²) in [6.45, 7) is 0.988. The molecule has 2 aromatic carbocycles. The molecule has 1 fully saturated rings. The number of amides is 1. The van der Waals surface area contributed by atoms with Gasteiger partial charge in [-0.3, -0.25) is 14.9 Å². The fraction of sp³-hybridized carbons (Fsp3) is 0.263. The van der Waals surface area contributed by atoms with Crippen LogP contribution in [0.1, 0.15) is 33.6 Å². The summed E-state index contributed by atoms with van der Waals surface area (Å²) in [6.07, 6.45) is 1.17. The number of aromatic carboxylic acids is 1. The summed E-state index contributed by atoms with van der Waals surface area (Å²) in [6, 6.07) is 11.9. The molecule has 1 saturated heterocycles. The van der Waals surface area contributed by atoms with Crippen molar-refractivity contribution in [3.63, 3.8) is 0 Å². The lowest BCUT2D eigenvalue weighted by atomic mass is 10.0. The molecule has 0 saturated carbocycles. The predicted octanol–water partition coefficient (Wildman–Crippen LogP) is 2.98. The molecule has 0 atom stereocenters. The van der Waals surface area contributed by atoms with Crippen LogP contribution < -0.4 is 4.74 Å². The number of piperidine rings is 1. The number of likely N-dealkylation sites (tertiary alicyclic amines) is 1. The number of benzene rings is 2. The molecule has 1 aliphatic heterocycles. The number of nitro benzene ring substituents is 1. The van der Waals surface area contributed by atoms with Crippen LogP contribution in [0.5, 0.6) is 5.75 Å². The summed E-state index contributed by atoms with van der Waals surface area (Å²) in [4.78, 5) is 35.5. The maximum absolute atomic E-state index is 12.6. The SMILES string of the molecule is O=C(O)c1cccc(C(=O)N2CCC(Oc3ccc([N+](=O)[O-])cc3)CC2)c1. The molecular formula is C19H18N2O6. The summed E-state index contributed by atoms with van der Waals surface area (Å²) in [5.74, 6) is -0.716. The number of carboxylic acids is 1. The number of rotatable bonds is 5. The van der Waals surface area contributed by atoms with Crippen LogP contribution in [0.2, 0.25) is 0 Å². The minimum atomic E-state index is -1.07. The van der Waals surface area contributed by atoms with Gasteiger partial charge in [0.1, 0.15) is 11.9 Å². The Morgan fingerprint density at radius 2 is 1.70 bits per heavy atom. The number of carbonyl (C=O) groups is 2. The lowest BCUT2D eigenvalue weighted by molar-refractivity contribution is -0.384. The Labute approximate surface area is 155 Å². The van der Waals surface area contributed by atoms with E-state index in [2.05, 4.69) is 0 Å². The van der Waals surface area contributed by atoms with Gasteiger partial charge in [-0.05, 0) is 30.3 Å². The van der Waals surface area contributed by atoms with Gasteiger partial charge in [0.05, 0.1) is 10.5 Å². The third kappa shape index (κ3) is 4.41. The van der Waals surface area contributed by atoms with E-state index >= 15 is 0 Å². The van der Waals surface area contributed by atoms with Crippen molar-refractivity contribution >= 4 is 17.6 Å². The van der Waals surface area contributed by atoms with Crippen molar-refractivity contribution < 1.29 is 24.4 Å². The van der Waals surface area contributed by atoms with Gasteiger partial charge in [0.15, 0.2) is 0 Å². The van der Waals surface area contributed by atoms with E-state index < -0.39 is 10.9 Å². The van der Waals surface area contributed by atoms with Gasteiger partial charge in [-0.1, -0.05) is 6.07 Å². The van der Waals surface area contributed by atoms with Gasteiger partial charge in [-0.25, -0.2) is 4.79 Å². The summed E-state index contributed by atoms with van der Waals surface area (Å²) < 4.78 is 5.84. The lowest BCUT2D eigenvalue weighted by Crippen LogP contribution is -2.41. The van der Waals surface area contributed by atoms with Gasteiger partial charge < -0.3 is 14.7 Å². The molecule has 1 aliphatic rings. The monoisotopic (exact) mass is 370 g/mol. The van der Waals surface area contributed by atoms with E-state index in [1.165, 1.54) is 24.3 Å². The minimum absolute atomic E-state index is 0.00589. The highest BCUT2D eigenvalue weighted by atomic mass is 16.6. The molecule has 0 spiro atoms. The first-order valence-electron chi connectivity index (χ1n) is 8.48. The Morgan fingerprint density at radius 3 is 2.30 bits per heavy atom. The van der Waals surface area contributed by atoms with Crippen molar-refractivity contribution in [3.8, 4) is 5.75 Å². The highest BCUT2D eigenvalue weighted by molar-refractivity contribution is 5.97. The Bertz CT molecular complexity index is 857. The lowest BCUT2D eigenvalue weighted by Gasteiger charge is -2.32. The first-order valence-corrected chi connectivity index (χ1v) is 8.48. The number of ether oxygens (including phenoxy) is 1. The molecule has 140 valence electrons. The van der Waals surface area contributed by atoms with Crippen LogP contribution in [0.25, 0.3) is 0 Å². The molecule has 0 aliphatic carbocycles. The fourth-order valence-corrected chi connectivity index (χ4v) is 2.98. The van der Waals surface area contributed by atoms with Crippen LogP contribution >= 0.6 is 0 Å². The van der Waals surface area contributed by atoms with Crippen molar-refractivity contribution in [3.05, 3.63) is 69.8 Å². The van der Waals surface area contributed by atoms with E-state index in [4.69, 9.17) is 9.84 Å². The zero-order valence-electron chi connectivity index (χ0n) is 14.4. The second-order valence-electron chi connectivity index (χ2n) is 6.25. The average molecular weight is 370 g/mol. The van der Waals surface area contributed by atoms with Crippen LogP contribution in [-0.2, 0) is 0 Å². The summed E-state index contributed by atoms with van der Waals surface area (Å²) >= 11 is 0. The average Bonchev–Trinajstić information content (AvgIpc) is 2.68. The maximum Gasteiger partial charge on any atom is 0.335 e. The van der Waals surface area contributed by atoms with E-state index in [1.807, 2.05) is 0 Å². The Morgan fingerprint density at radius 1 is 1.07 bits per heavy atom. The standard InChI is InChI=1S/C19H18N2O6/c22-18(13-2-1-3-14(12-13)19(23)24)20-10-8-17(9-11-20)27-16-6-4-15(5-7-16)21(25)26/h1-7,12,17H,8-11H2,(H,23,24). The second kappa shape index (κ2) is 7.86. The molecule has 0 bridgehead atoms. The molecule has 0 unspecified atom stereocenters. The molecule has 2 aromatic rings. The van der Waals surface area contributed by atoms with Gasteiger partial charge in [0.2, 0.25) is 0 Å². The van der Waals surface area contributed by atoms with Gasteiger partial charge in [-0.2, -0.15) is 0 Å². The Kier molecular flexibility index (Phi) is 5.35. The summed E-state index contributed by atoms with van der Waals surface area (Å²) in [5.41, 5.74) is 0.438. The number of nitro groups is 1. The molecule has 8 nitrogen and oxygen atoms in total. The molecule has 8 heteroatoms. The van der Waals surface area contributed by atoms with Gasteiger partial charge in [-0.15, -0.1) is 0 Å². The van der Waals surface area contributed by atoms with E-state index in [0.717, 1.165) is 0 Å². The number of non-ortho nitro benzene ring substituents is 1. The number of hydrogen-bond acceptors (Lipinski definition) is 5. The van der Waals surface area contributed by atoms with Crippen molar-refractivity contribution in [2.24, 2.45) is 0 Å². The van der Waals surface area contributed by atoms with Crippen LogP contribution in [0, 0.1) is 10.1 Å². The van der Waals surface area contributed by atoms with Gasteiger partial charge in [0, 0.05) is 43.6 Å². The fourth-order valence-electron chi connectivity index (χ4n) is 2.98. The zero-order chi connectivity index (χ0) is 19.4. The van der Waals surface area contributed by atoms with Crippen molar-refractivity contribution in [2.75, 3.05) is 13.1 Å². The predicted molar refractivity (Wildman–Crippen MR) is 96.1 cm³/mol. The smallest absolute Gasteiger partial charge is 0.335 e. The van der Waals surface area contributed by atoms with Crippen molar-refractivity contribution in [2.45, 2.75) is 18.9 Å². The van der Waals surface area contributed by atoms with E-state index in [0.29, 0.717) is 37.2 Å². The normalized spacial score (nSPS) is 14.6. The molecule has 3 rings (SSSR count). The van der Waals surface area contributed by atoms with E-state index in [1.54, 1.807) is 29.2 Å². The van der Waals surface area contributed by atoms with Crippen molar-refractivity contribution in [1.82, 2.24) is 4.90 Å². The minimum Gasteiger partial charge on any atom is -0.490 e. The Balaban J connectivity index is 1.56. The number of carbonyl (C=O) groups excluding carboxylic acids is 1. The third-order valence-electron chi connectivity index (χ3n) is 4.44. The molecule has 27 heavy (non-hydrogen) atoms. The number of carboxylic acid groups (broad SMARTS) is 1. The zero-order valence-corrected chi connectivity index (χ0v) is 14.4. The molecule has 1 heterocycles. The van der Waals surface area contributed by atoms with Crippen LogP contribution in [0.15, 0.2) is 48.5 Å². The van der Waals surface area contributed by atoms with Crippen LogP contribution in [0.3, 0.4) is 0 Å². The molecule has 1 amide bonds. The quantitative estimate of drug-likeness (QED) is 0.640. The highest BCUT2D eigenvalue weighted by Crippen LogP contribution is 2.22. The van der Waals surface area contributed by atoms with Crippen molar-refractivity contribution in [1.29, 1.82) is 0 Å². The molecule has 1 N–H and O–H groups in total. The van der Waals surface area contributed by atoms with Crippen LogP contribution in [-0.4, -0.2) is 46.0 Å². The summed E-state index contributed by atoms with van der Waals surface area (Å²) in [7, 11) is 0. The van der Waals surface area contributed by atoms with Crippen LogP contribution in [0.4, 0.5) is 5.69 Å². The Hall–Kier alpha value is -3.42. The van der Waals surface area contributed by atoms with E-state index in [9.17, 15) is 19.7 Å². The summed E-state index contributed by atoms with van der Waals surface area (Å²) in [5, 5.41) is 19.7. The third-order valence-corrected chi connectivity index (χ3v) is 4.44. The first kappa shape index (κ1) is 18.4. The topological polar surface area (TPSA) is 110 Å². The number of nitrogens with zero attached hydrogens (tertiary/aromatic N) is 2. The molecular weight excluding hydrogens is 352 g/mol. The molecule has 0 radical (unpaired) electrons. The second-order valence-corrected chi connectivity index (χ2v) is 6.25. The molecule has 0 aromatic heterocycles. The van der Waals surface area contributed by atoms with Gasteiger partial charge >= 0.3 is 5.97 Å². The maximum atomic E-state index is 12.6. The first-order chi connectivity index (χ1) is 12.9.